The Hall–Kier alpha value is -2.29. The van der Waals surface area contributed by atoms with Gasteiger partial charge in [-0.1, -0.05) is 12.1 Å². The Labute approximate surface area is 133 Å². The number of carbonyl (C=O) groups is 1. The van der Waals surface area contributed by atoms with Crippen molar-refractivity contribution in [2.45, 2.75) is 45.2 Å². The minimum absolute atomic E-state index is 0.0460. The monoisotopic (exact) mass is 319 g/mol. The molecule has 3 heterocycles. The topological polar surface area (TPSA) is 116 Å². The van der Waals surface area contributed by atoms with E-state index in [1.807, 2.05) is 6.92 Å². The smallest absolute Gasteiger partial charge is 0.288 e. The number of hydrogen-bond acceptors (Lipinski definition) is 7. The zero-order chi connectivity index (χ0) is 16.4. The lowest BCUT2D eigenvalue weighted by Crippen LogP contribution is -2.38. The molecule has 0 radical (unpaired) electrons. The Balaban J connectivity index is 1.70. The number of aryl methyl sites for hydroxylation is 1. The van der Waals surface area contributed by atoms with Crippen LogP contribution >= 0.6 is 0 Å². The molecule has 0 aromatic carbocycles. The molecule has 1 aliphatic rings. The molecule has 2 aromatic rings. The number of rotatable bonds is 5. The lowest BCUT2D eigenvalue weighted by molar-refractivity contribution is 0.0984. The average molecular weight is 319 g/mol. The van der Waals surface area contributed by atoms with Gasteiger partial charge in [0.05, 0.1) is 12.1 Å². The highest BCUT2D eigenvalue weighted by Gasteiger charge is 2.29. The van der Waals surface area contributed by atoms with Gasteiger partial charge in [0, 0.05) is 13.0 Å². The fourth-order valence-electron chi connectivity index (χ4n) is 2.85. The van der Waals surface area contributed by atoms with Crippen LogP contribution in [-0.4, -0.2) is 48.8 Å². The summed E-state index contributed by atoms with van der Waals surface area (Å²) in [4.78, 5) is 21.8. The number of primary amides is 1. The van der Waals surface area contributed by atoms with Gasteiger partial charge in [-0.25, -0.2) is 9.67 Å². The maximum Gasteiger partial charge on any atom is 0.288 e. The zero-order valence-electron chi connectivity index (χ0n) is 13.3. The molecule has 3 rings (SSSR count). The Morgan fingerprint density at radius 1 is 1.57 bits per heavy atom. The normalized spacial score (nSPS) is 20.5. The number of aromatic nitrogens is 5. The standard InChI is InChI=1S/C14H21N7O2/c1-3-11-17-14(23-19-11)9(2)20-6-4-5-10(7-20)21-8-16-13(18-21)12(15)22/h8-10H,3-7H2,1-2H3,(H2,15,22)/t9-,10-/m1/s1. The molecular weight excluding hydrogens is 298 g/mol. The van der Waals surface area contributed by atoms with E-state index in [1.54, 1.807) is 11.0 Å². The van der Waals surface area contributed by atoms with Crippen LogP contribution in [0.4, 0.5) is 0 Å². The predicted molar refractivity (Wildman–Crippen MR) is 80.5 cm³/mol. The molecule has 0 unspecified atom stereocenters. The maximum absolute atomic E-state index is 11.1. The van der Waals surface area contributed by atoms with Crippen molar-refractivity contribution in [3.8, 4) is 0 Å². The predicted octanol–water partition coefficient (Wildman–Crippen LogP) is 0.721. The lowest BCUT2D eigenvalue weighted by atomic mass is 10.0. The van der Waals surface area contributed by atoms with E-state index in [9.17, 15) is 4.79 Å². The molecule has 1 saturated heterocycles. The van der Waals surface area contributed by atoms with Crippen LogP contribution in [0.15, 0.2) is 10.9 Å². The van der Waals surface area contributed by atoms with E-state index >= 15 is 0 Å². The minimum Gasteiger partial charge on any atom is -0.363 e. The molecule has 1 fully saturated rings. The van der Waals surface area contributed by atoms with Gasteiger partial charge in [0.2, 0.25) is 11.7 Å². The summed E-state index contributed by atoms with van der Waals surface area (Å²) in [6.07, 6.45) is 4.33. The Kier molecular flexibility index (Phi) is 4.37. The second-order valence-electron chi connectivity index (χ2n) is 5.78. The fraction of sp³-hybridized carbons (Fsp3) is 0.643. The van der Waals surface area contributed by atoms with Crippen LogP contribution in [0, 0.1) is 0 Å². The summed E-state index contributed by atoms with van der Waals surface area (Å²) in [5, 5.41) is 8.13. The van der Waals surface area contributed by atoms with E-state index in [2.05, 4.69) is 32.0 Å². The van der Waals surface area contributed by atoms with Gasteiger partial charge in [0.25, 0.3) is 5.91 Å². The van der Waals surface area contributed by atoms with Crippen molar-refractivity contribution in [2.75, 3.05) is 13.1 Å². The summed E-state index contributed by atoms with van der Waals surface area (Å²) in [5.41, 5.74) is 5.21. The largest absolute Gasteiger partial charge is 0.363 e. The molecule has 1 amide bonds. The number of amides is 1. The first-order valence-corrected chi connectivity index (χ1v) is 7.86. The third-order valence-electron chi connectivity index (χ3n) is 4.24. The molecule has 124 valence electrons. The Bertz CT molecular complexity index is 680. The summed E-state index contributed by atoms with van der Waals surface area (Å²) in [6.45, 7) is 5.80. The van der Waals surface area contributed by atoms with E-state index in [0.717, 1.165) is 38.2 Å². The van der Waals surface area contributed by atoms with Crippen molar-refractivity contribution in [3.05, 3.63) is 23.9 Å². The highest BCUT2D eigenvalue weighted by Crippen LogP contribution is 2.27. The van der Waals surface area contributed by atoms with Crippen LogP contribution in [0.2, 0.25) is 0 Å². The molecule has 9 nitrogen and oxygen atoms in total. The van der Waals surface area contributed by atoms with Gasteiger partial charge >= 0.3 is 0 Å². The first kappa shape index (κ1) is 15.6. The molecule has 9 heteroatoms. The lowest BCUT2D eigenvalue weighted by Gasteiger charge is -2.35. The Morgan fingerprint density at radius 2 is 2.39 bits per heavy atom. The molecule has 2 aromatic heterocycles. The zero-order valence-corrected chi connectivity index (χ0v) is 13.3. The van der Waals surface area contributed by atoms with E-state index in [4.69, 9.17) is 10.3 Å². The summed E-state index contributed by atoms with van der Waals surface area (Å²) in [7, 11) is 0. The first-order chi connectivity index (χ1) is 11.1. The SMILES string of the molecule is CCc1noc([C@@H](C)N2CCC[C@@H](n3cnc(C(N)=O)n3)C2)n1. The maximum atomic E-state index is 11.1. The molecule has 2 N–H and O–H groups in total. The quantitative estimate of drug-likeness (QED) is 0.863. The first-order valence-electron chi connectivity index (χ1n) is 7.86. The molecule has 23 heavy (non-hydrogen) atoms. The second kappa shape index (κ2) is 6.45. The highest BCUT2D eigenvalue weighted by atomic mass is 16.5. The van der Waals surface area contributed by atoms with E-state index in [0.29, 0.717) is 5.89 Å². The van der Waals surface area contributed by atoms with Crippen molar-refractivity contribution in [3.63, 3.8) is 0 Å². The number of hydrogen-bond donors (Lipinski definition) is 1. The van der Waals surface area contributed by atoms with Crippen LogP contribution in [0.3, 0.4) is 0 Å². The molecule has 2 atom stereocenters. The molecule has 0 aliphatic carbocycles. The second-order valence-corrected chi connectivity index (χ2v) is 5.78. The fourth-order valence-corrected chi connectivity index (χ4v) is 2.85. The van der Waals surface area contributed by atoms with Crippen molar-refractivity contribution in [1.82, 2.24) is 29.8 Å². The van der Waals surface area contributed by atoms with Gasteiger partial charge in [-0.05, 0) is 26.3 Å². The van der Waals surface area contributed by atoms with E-state index < -0.39 is 5.91 Å². The van der Waals surface area contributed by atoms with Gasteiger partial charge in [-0.2, -0.15) is 4.98 Å². The third kappa shape index (κ3) is 3.24. The number of piperidine rings is 1. The van der Waals surface area contributed by atoms with Gasteiger partial charge in [0.15, 0.2) is 5.82 Å². The van der Waals surface area contributed by atoms with Crippen LogP contribution in [0.1, 0.15) is 61.1 Å². The summed E-state index contributed by atoms with van der Waals surface area (Å²) >= 11 is 0. The molecular formula is C14H21N7O2. The molecule has 1 aliphatic heterocycles. The van der Waals surface area contributed by atoms with Gasteiger partial charge in [-0.15, -0.1) is 5.10 Å². The number of likely N-dealkylation sites (tertiary alicyclic amines) is 1. The van der Waals surface area contributed by atoms with Crippen LogP contribution < -0.4 is 5.73 Å². The summed E-state index contributed by atoms with van der Waals surface area (Å²) in [5.74, 6) is 0.809. The number of nitrogens with zero attached hydrogens (tertiary/aromatic N) is 6. The van der Waals surface area contributed by atoms with Crippen molar-refractivity contribution < 1.29 is 9.32 Å². The number of carbonyl (C=O) groups excluding carboxylic acids is 1. The summed E-state index contributed by atoms with van der Waals surface area (Å²) < 4.78 is 7.07. The van der Waals surface area contributed by atoms with Crippen LogP contribution in [-0.2, 0) is 6.42 Å². The minimum atomic E-state index is -0.609. The van der Waals surface area contributed by atoms with Crippen LogP contribution in [0.25, 0.3) is 0 Å². The molecule has 0 saturated carbocycles. The average Bonchev–Trinajstić information content (AvgIpc) is 3.23. The summed E-state index contributed by atoms with van der Waals surface area (Å²) in [6, 6.07) is 0.199. The van der Waals surface area contributed by atoms with Crippen molar-refractivity contribution >= 4 is 5.91 Å². The highest BCUT2D eigenvalue weighted by molar-refractivity contribution is 5.88. The number of nitrogens with two attached hydrogens (primary N) is 1. The third-order valence-corrected chi connectivity index (χ3v) is 4.24. The molecule has 0 bridgehead atoms. The van der Waals surface area contributed by atoms with Gasteiger partial charge in [0.1, 0.15) is 6.33 Å². The van der Waals surface area contributed by atoms with E-state index in [1.165, 1.54) is 0 Å². The molecule has 0 spiro atoms. The van der Waals surface area contributed by atoms with Gasteiger partial charge < -0.3 is 10.3 Å². The van der Waals surface area contributed by atoms with Crippen molar-refractivity contribution in [1.29, 1.82) is 0 Å². The Morgan fingerprint density at radius 3 is 3.04 bits per heavy atom. The van der Waals surface area contributed by atoms with Gasteiger partial charge in [-0.3, -0.25) is 9.69 Å². The van der Waals surface area contributed by atoms with Crippen molar-refractivity contribution in [2.24, 2.45) is 5.73 Å². The van der Waals surface area contributed by atoms with E-state index in [-0.39, 0.29) is 17.9 Å². The van der Waals surface area contributed by atoms with Crippen LogP contribution in [0.5, 0.6) is 0 Å².